The Hall–Kier alpha value is -3.08. The molecule has 6 heteroatoms. The molecule has 0 fully saturated rings. The number of fused-ring (bicyclic) bond motifs is 1. The van der Waals surface area contributed by atoms with E-state index in [1.807, 2.05) is 12.1 Å². The third kappa shape index (κ3) is 4.98. The fourth-order valence-electron chi connectivity index (χ4n) is 3.12. The number of hydrogen-bond donors (Lipinski definition) is 1. The molecule has 0 atom stereocenters. The smallest absolute Gasteiger partial charge is 0.248 e. The van der Waals surface area contributed by atoms with Crippen molar-refractivity contribution in [3.05, 3.63) is 87.9 Å². The monoisotopic (exact) mass is 450 g/mol. The van der Waals surface area contributed by atoms with Crippen LogP contribution in [0.15, 0.2) is 71.2 Å². The maximum Gasteiger partial charge on any atom is 0.248 e. The summed E-state index contributed by atoms with van der Waals surface area (Å²) in [5.74, 6) is 0.607. The van der Waals surface area contributed by atoms with Crippen LogP contribution in [0.3, 0.4) is 0 Å². The van der Waals surface area contributed by atoms with E-state index in [1.54, 1.807) is 42.5 Å². The summed E-state index contributed by atoms with van der Waals surface area (Å²) in [5.41, 5.74) is 4.67. The van der Waals surface area contributed by atoms with E-state index in [4.69, 9.17) is 27.6 Å². The molecule has 156 valence electrons. The summed E-state index contributed by atoms with van der Waals surface area (Å²) in [6, 6.07) is 18.6. The van der Waals surface area contributed by atoms with Gasteiger partial charge in [-0.15, -0.1) is 0 Å². The van der Waals surface area contributed by atoms with E-state index in [1.165, 1.54) is 11.6 Å². The maximum atomic E-state index is 12.4. The van der Waals surface area contributed by atoms with Crippen LogP contribution in [0, 0.1) is 0 Å². The molecule has 0 aliphatic heterocycles. The molecular formula is C25H20Cl2N2O2. The van der Waals surface area contributed by atoms with Crippen LogP contribution >= 0.6 is 23.2 Å². The summed E-state index contributed by atoms with van der Waals surface area (Å²) in [6.07, 6.45) is 3.25. The van der Waals surface area contributed by atoms with Crippen molar-refractivity contribution in [3.8, 4) is 11.5 Å². The molecule has 1 N–H and O–H groups in total. The summed E-state index contributed by atoms with van der Waals surface area (Å²) < 4.78 is 5.80. The first-order valence-electron chi connectivity index (χ1n) is 9.84. The largest absolute Gasteiger partial charge is 0.436 e. The van der Waals surface area contributed by atoms with E-state index in [0.29, 0.717) is 44.2 Å². The molecule has 4 rings (SSSR count). The highest BCUT2D eigenvalue weighted by Crippen LogP contribution is 2.31. The van der Waals surface area contributed by atoms with Crippen LogP contribution in [0.1, 0.15) is 30.9 Å². The zero-order valence-electron chi connectivity index (χ0n) is 17.0. The number of nitrogens with zero attached hydrogens (tertiary/aromatic N) is 1. The summed E-state index contributed by atoms with van der Waals surface area (Å²) in [5, 5.41) is 3.82. The van der Waals surface area contributed by atoms with Gasteiger partial charge in [0.25, 0.3) is 0 Å². The SMILES string of the molecule is CC(C)c1ccc(/C=C/C(=O)Nc2cc(-c3nc4cc(Cl)ccc4o3)ccc2Cl)cc1. The van der Waals surface area contributed by atoms with Gasteiger partial charge in [-0.3, -0.25) is 4.79 Å². The standard InChI is InChI=1S/C25H20Cl2N2O2/c1-15(2)17-6-3-16(4-7-17)5-12-24(30)28-21-13-18(8-10-20(21)27)25-29-22-14-19(26)9-11-23(22)31-25/h3-15H,1-2H3,(H,28,30)/b12-5+. The van der Waals surface area contributed by atoms with Gasteiger partial charge >= 0.3 is 0 Å². The molecule has 31 heavy (non-hydrogen) atoms. The van der Waals surface area contributed by atoms with Crippen molar-refractivity contribution in [2.75, 3.05) is 5.32 Å². The van der Waals surface area contributed by atoms with Gasteiger partial charge in [0.15, 0.2) is 5.58 Å². The molecule has 3 aromatic carbocycles. The molecule has 0 aliphatic rings. The third-order valence-corrected chi connectivity index (χ3v) is 5.42. The Morgan fingerprint density at radius 3 is 2.55 bits per heavy atom. The first-order valence-corrected chi connectivity index (χ1v) is 10.6. The number of halogens is 2. The second-order valence-electron chi connectivity index (χ2n) is 7.47. The van der Waals surface area contributed by atoms with Crippen molar-refractivity contribution < 1.29 is 9.21 Å². The van der Waals surface area contributed by atoms with Crippen LogP contribution in [0.25, 0.3) is 28.6 Å². The van der Waals surface area contributed by atoms with Crippen molar-refractivity contribution >= 4 is 52.0 Å². The van der Waals surface area contributed by atoms with Crippen LogP contribution in [-0.4, -0.2) is 10.9 Å². The normalized spacial score (nSPS) is 11.5. The van der Waals surface area contributed by atoms with Gasteiger partial charge in [0, 0.05) is 16.7 Å². The highest BCUT2D eigenvalue weighted by Gasteiger charge is 2.12. The third-order valence-electron chi connectivity index (χ3n) is 4.85. The fourth-order valence-corrected chi connectivity index (χ4v) is 3.45. The van der Waals surface area contributed by atoms with Crippen LogP contribution in [0.5, 0.6) is 0 Å². The molecule has 1 heterocycles. The number of anilines is 1. The Labute approximate surface area is 190 Å². The Morgan fingerprint density at radius 2 is 1.81 bits per heavy atom. The molecule has 0 spiro atoms. The molecule has 0 saturated carbocycles. The number of nitrogens with one attached hydrogen (secondary N) is 1. The molecule has 0 saturated heterocycles. The molecular weight excluding hydrogens is 431 g/mol. The van der Waals surface area contributed by atoms with E-state index in [9.17, 15) is 4.79 Å². The molecule has 0 radical (unpaired) electrons. The van der Waals surface area contributed by atoms with Gasteiger partial charge in [-0.1, -0.05) is 61.3 Å². The lowest BCUT2D eigenvalue weighted by molar-refractivity contribution is -0.111. The van der Waals surface area contributed by atoms with E-state index >= 15 is 0 Å². The molecule has 0 bridgehead atoms. The predicted octanol–water partition coefficient (Wildman–Crippen LogP) is 7.58. The van der Waals surface area contributed by atoms with Crippen molar-refractivity contribution in [1.29, 1.82) is 0 Å². The second kappa shape index (κ2) is 8.96. The number of carbonyl (C=O) groups is 1. The van der Waals surface area contributed by atoms with Gasteiger partial charge in [0.05, 0.1) is 10.7 Å². The number of oxazole rings is 1. The average Bonchev–Trinajstić information content (AvgIpc) is 3.17. The number of carbonyl (C=O) groups excluding carboxylic acids is 1. The first-order chi connectivity index (χ1) is 14.9. The van der Waals surface area contributed by atoms with E-state index < -0.39 is 0 Å². The number of benzene rings is 3. The second-order valence-corrected chi connectivity index (χ2v) is 8.31. The quantitative estimate of drug-likeness (QED) is 0.318. The first kappa shape index (κ1) is 21.2. The predicted molar refractivity (Wildman–Crippen MR) is 128 cm³/mol. The minimum absolute atomic E-state index is 0.281. The van der Waals surface area contributed by atoms with Crippen molar-refractivity contribution in [2.24, 2.45) is 0 Å². The van der Waals surface area contributed by atoms with Gasteiger partial charge in [0.1, 0.15) is 5.52 Å². The highest BCUT2D eigenvalue weighted by atomic mass is 35.5. The van der Waals surface area contributed by atoms with E-state index in [2.05, 4.69) is 36.3 Å². The average molecular weight is 451 g/mol. The number of rotatable bonds is 5. The minimum Gasteiger partial charge on any atom is -0.436 e. The molecule has 0 aliphatic carbocycles. The van der Waals surface area contributed by atoms with E-state index in [-0.39, 0.29) is 5.91 Å². The van der Waals surface area contributed by atoms with Gasteiger partial charge < -0.3 is 9.73 Å². The molecule has 1 aromatic heterocycles. The van der Waals surface area contributed by atoms with Crippen molar-refractivity contribution in [1.82, 2.24) is 4.98 Å². The fraction of sp³-hybridized carbons (Fsp3) is 0.120. The van der Waals surface area contributed by atoms with Crippen LogP contribution < -0.4 is 5.32 Å². The zero-order chi connectivity index (χ0) is 22.0. The molecule has 1 amide bonds. The van der Waals surface area contributed by atoms with Gasteiger partial charge in [-0.05, 0) is 59.5 Å². The van der Waals surface area contributed by atoms with E-state index in [0.717, 1.165) is 5.56 Å². The zero-order valence-corrected chi connectivity index (χ0v) is 18.5. The Balaban J connectivity index is 1.52. The molecule has 4 nitrogen and oxygen atoms in total. The summed E-state index contributed by atoms with van der Waals surface area (Å²) in [6.45, 7) is 4.29. The lowest BCUT2D eigenvalue weighted by Crippen LogP contribution is -2.08. The van der Waals surface area contributed by atoms with Crippen molar-refractivity contribution in [2.45, 2.75) is 19.8 Å². The number of amides is 1. The topological polar surface area (TPSA) is 55.1 Å². The lowest BCUT2D eigenvalue weighted by Gasteiger charge is -2.07. The minimum atomic E-state index is -0.281. The summed E-state index contributed by atoms with van der Waals surface area (Å²) in [4.78, 5) is 16.9. The van der Waals surface area contributed by atoms with Crippen LogP contribution in [0.2, 0.25) is 10.0 Å². The molecule has 0 unspecified atom stereocenters. The Kier molecular flexibility index (Phi) is 6.12. The number of aromatic nitrogens is 1. The maximum absolute atomic E-state index is 12.4. The Bertz CT molecular complexity index is 1270. The molecule has 4 aromatic rings. The van der Waals surface area contributed by atoms with Crippen LogP contribution in [-0.2, 0) is 4.79 Å². The van der Waals surface area contributed by atoms with Gasteiger partial charge in [0.2, 0.25) is 11.8 Å². The Morgan fingerprint density at radius 1 is 1.03 bits per heavy atom. The summed E-state index contributed by atoms with van der Waals surface area (Å²) >= 11 is 12.3. The highest BCUT2D eigenvalue weighted by molar-refractivity contribution is 6.34. The lowest BCUT2D eigenvalue weighted by atomic mass is 10.0. The number of hydrogen-bond acceptors (Lipinski definition) is 3. The van der Waals surface area contributed by atoms with Crippen molar-refractivity contribution in [3.63, 3.8) is 0 Å². The summed E-state index contributed by atoms with van der Waals surface area (Å²) in [7, 11) is 0. The van der Waals surface area contributed by atoms with Gasteiger partial charge in [-0.25, -0.2) is 4.98 Å². The van der Waals surface area contributed by atoms with Crippen LogP contribution in [0.4, 0.5) is 5.69 Å². The van der Waals surface area contributed by atoms with Gasteiger partial charge in [-0.2, -0.15) is 0 Å².